The molecule has 3 aromatic rings. The van der Waals surface area contributed by atoms with Crippen molar-refractivity contribution in [3.63, 3.8) is 0 Å². The molecule has 0 saturated heterocycles. The molecule has 3 rings (SSSR count). The van der Waals surface area contributed by atoms with Crippen LogP contribution in [0.3, 0.4) is 0 Å². The van der Waals surface area contributed by atoms with Gasteiger partial charge >= 0.3 is 192 Å². The van der Waals surface area contributed by atoms with Crippen molar-refractivity contribution in [2.45, 2.75) is 11.9 Å². The topological polar surface area (TPSA) is 77.5 Å². The van der Waals surface area contributed by atoms with E-state index in [-0.39, 0.29) is 6.42 Å². The quantitative estimate of drug-likeness (QED) is 0.321. The van der Waals surface area contributed by atoms with Crippen molar-refractivity contribution in [3.8, 4) is 0 Å². The molecule has 0 atom stereocenters. The zero-order valence-electron chi connectivity index (χ0n) is 17.3. The van der Waals surface area contributed by atoms with Crippen molar-refractivity contribution in [1.29, 1.82) is 0 Å². The van der Waals surface area contributed by atoms with Crippen molar-refractivity contribution in [2.24, 2.45) is 0 Å². The molecule has 0 saturated carbocycles. The van der Waals surface area contributed by atoms with Gasteiger partial charge in [0.05, 0.1) is 0 Å². The maximum atomic E-state index is 12.6. The van der Waals surface area contributed by atoms with Crippen molar-refractivity contribution in [2.75, 3.05) is 11.9 Å². The SMILES string of the molecule is O=S(=O)(CCC[PH](c1ccccc1)(c1ccccc1)c1ccccc1)OS(=O)(=O)C(F)(F)F. The van der Waals surface area contributed by atoms with E-state index in [1.165, 1.54) is 0 Å². The van der Waals surface area contributed by atoms with Crippen LogP contribution in [-0.2, 0) is 23.9 Å². The number of rotatable bonds is 9. The van der Waals surface area contributed by atoms with Crippen LogP contribution in [0.1, 0.15) is 6.42 Å². The van der Waals surface area contributed by atoms with E-state index in [1.54, 1.807) is 0 Å². The molecule has 5 nitrogen and oxygen atoms in total. The third-order valence-electron chi connectivity index (χ3n) is 5.22. The second-order valence-electron chi connectivity index (χ2n) is 7.34. The Hall–Kier alpha value is -2.26. The molecule has 0 bridgehead atoms. The van der Waals surface area contributed by atoms with Crippen molar-refractivity contribution >= 4 is 43.4 Å². The summed E-state index contributed by atoms with van der Waals surface area (Å²) in [5, 5.41) is 2.97. The number of benzene rings is 3. The minimum atomic E-state index is -6.25. The van der Waals surface area contributed by atoms with Gasteiger partial charge in [-0.2, -0.15) is 0 Å². The van der Waals surface area contributed by atoms with Crippen LogP contribution in [0.2, 0.25) is 0 Å². The summed E-state index contributed by atoms with van der Waals surface area (Å²) in [6.07, 6.45) is 0.209. The first-order valence-electron chi connectivity index (χ1n) is 9.90. The van der Waals surface area contributed by atoms with Gasteiger partial charge in [0.1, 0.15) is 0 Å². The molecule has 0 N–H and O–H groups in total. The van der Waals surface area contributed by atoms with E-state index in [4.69, 9.17) is 0 Å². The van der Waals surface area contributed by atoms with Crippen molar-refractivity contribution in [1.82, 2.24) is 0 Å². The summed E-state index contributed by atoms with van der Waals surface area (Å²) in [6.45, 7) is 0. The zero-order chi connectivity index (χ0) is 24.2. The predicted octanol–water partition coefficient (Wildman–Crippen LogP) is 3.30. The molecule has 0 amide bonds. The van der Waals surface area contributed by atoms with Gasteiger partial charge in [0.25, 0.3) is 0 Å². The molecule has 0 unspecified atom stereocenters. The Kier molecular flexibility index (Phi) is 7.63. The third-order valence-corrected chi connectivity index (χ3v) is 13.2. The Bertz CT molecular complexity index is 1170. The van der Waals surface area contributed by atoms with Gasteiger partial charge < -0.3 is 0 Å². The third kappa shape index (κ3) is 5.81. The predicted molar refractivity (Wildman–Crippen MR) is 126 cm³/mol. The van der Waals surface area contributed by atoms with Crippen LogP contribution in [-0.4, -0.2) is 34.3 Å². The second kappa shape index (κ2) is 9.93. The van der Waals surface area contributed by atoms with Crippen LogP contribution < -0.4 is 15.9 Å². The summed E-state index contributed by atoms with van der Waals surface area (Å²) >= 11 is 0. The van der Waals surface area contributed by atoms with Gasteiger partial charge in [-0.15, -0.1) is 0 Å². The van der Waals surface area contributed by atoms with E-state index in [9.17, 15) is 30.0 Å². The molecular formula is C22H22F3O5PS2. The average molecular weight is 519 g/mol. The fraction of sp³-hybridized carbons (Fsp3) is 0.182. The van der Waals surface area contributed by atoms with Crippen LogP contribution in [0.15, 0.2) is 91.0 Å². The van der Waals surface area contributed by atoms with Crippen molar-refractivity contribution in [3.05, 3.63) is 91.0 Å². The average Bonchev–Trinajstić information content (AvgIpc) is 2.77. The summed E-state index contributed by atoms with van der Waals surface area (Å²) in [6, 6.07) is 28.5. The van der Waals surface area contributed by atoms with E-state index in [0.29, 0.717) is 6.16 Å². The van der Waals surface area contributed by atoms with Crippen LogP contribution in [0.25, 0.3) is 0 Å². The summed E-state index contributed by atoms with van der Waals surface area (Å²) in [5.74, 6) is -0.871. The summed E-state index contributed by atoms with van der Waals surface area (Å²) < 4.78 is 87.8. The first-order valence-corrected chi connectivity index (χ1v) is 15.1. The Balaban J connectivity index is 2.00. The van der Waals surface area contributed by atoms with E-state index in [1.807, 2.05) is 91.0 Å². The van der Waals surface area contributed by atoms with Crippen LogP contribution >= 0.6 is 7.26 Å². The van der Waals surface area contributed by atoms with Gasteiger partial charge in [-0.3, -0.25) is 0 Å². The standard InChI is InChI=1S/C22H22F3O5PS2/c23-22(24,25)33(28,29)30-32(26,27)18-10-17-31(19-11-4-1-5-12-19,20-13-6-2-7-14-20)21-15-8-3-9-16-21/h1-9,11-16,31H,10,17-18H2. The summed E-state index contributed by atoms with van der Waals surface area (Å²) in [5.41, 5.74) is -5.82. The van der Waals surface area contributed by atoms with E-state index < -0.39 is 38.8 Å². The van der Waals surface area contributed by atoms with Gasteiger partial charge in [-0.25, -0.2) is 0 Å². The Morgan fingerprint density at radius 2 is 1.03 bits per heavy atom. The van der Waals surface area contributed by atoms with Gasteiger partial charge in [-0.05, 0) is 0 Å². The number of halogens is 3. The maximum absolute atomic E-state index is 12.6. The van der Waals surface area contributed by atoms with E-state index in [0.717, 1.165) is 15.9 Å². The second-order valence-corrected chi connectivity index (χ2v) is 14.8. The van der Waals surface area contributed by atoms with E-state index in [2.05, 4.69) is 3.63 Å². The summed E-state index contributed by atoms with van der Waals surface area (Å²) in [4.78, 5) is 0. The molecule has 0 aromatic heterocycles. The first kappa shape index (κ1) is 25.4. The molecule has 33 heavy (non-hydrogen) atoms. The minimum absolute atomic E-state index is 0.0966. The van der Waals surface area contributed by atoms with Gasteiger partial charge in [0.15, 0.2) is 0 Å². The molecule has 0 aliphatic carbocycles. The molecule has 0 aliphatic rings. The first-order chi connectivity index (χ1) is 15.5. The Labute approximate surface area is 191 Å². The Morgan fingerprint density at radius 3 is 1.36 bits per heavy atom. The normalized spacial score (nSPS) is 13.5. The summed E-state index contributed by atoms with van der Waals surface area (Å²) in [7, 11) is -14.0. The molecule has 11 heteroatoms. The molecule has 0 radical (unpaired) electrons. The number of alkyl halides is 3. The van der Waals surface area contributed by atoms with Gasteiger partial charge in [0.2, 0.25) is 0 Å². The van der Waals surface area contributed by atoms with Crippen molar-refractivity contribution < 1.29 is 33.6 Å². The monoisotopic (exact) mass is 518 g/mol. The molecule has 3 aromatic carbocycles. The molecule has 178 valence electrons. The molecule has 0 aliphatic heterocycles. The van der Waals surface area contributed by atoms with E-state index >= 15 is 0 Å². The van der Waals surface area contributed by atoms with Gasteiger partial charge in [0, 0.05) is 0 Å². The Morgan fingerprint density at radius 1 is 0.667 bits per heavy atom. The van der Waals surface area contributed by atoms with Gasteiger partial charge in [-0.1, -0.05) is 0 Å². The fourth-order valence-corrected chi connectivity index (χ4v) is 11.1. The zero-order valence-corrected chi connectivity index (χ0v) is 19.9. The number of hydrogen-bond acceptors (Lipinski definition) is 5. The number of hydrogen-bond donors (Lipinski definition) is 0. The van der Waals surface area contributed by atoms with Crippen LogP contribution in [0, 0.1) is 0 Å². The molecule has 0 heterocycles. The van der Waals surface area contributed by atoms with Crippen LogP contribution in [0.5, 0.6) is 0 Å². The molecule has 0 spiro atoms. The molecule has 0 fully saturated rings. The molecular weight excluding hydrogens is 496 g/mol. The van der Waals surface area contributed by atoms with Crippen LogP contribution in [0.4, 0.5) is 13.2 Å². The fourth-order valence-electron chi connectivity index (χ4n) is 3.82.